The first-order chi connectivity index (χ1) is 8.20. The van der Waals surface area contributed by atoms with Crippen LogP contribution in [0.1, 0.15) is 64.7 Å². The van der Waals surface area contributed by atoms with E-state index in [1.807, 2.05) is 0 Å². The van der Waals surface area contributed by atoms with Crippen molar-refractivity contribution in [1.29, 1.82) is 0 Å². The molecule has 0 aliphatic carbocycles. The second kappa shape index (κ2) is 12.2. The Morgan fingerprint density at radius 1 is 1.18 bits per heavy atom. The molecule has 0 spiro atoms. The number of unbranched alkanes of at least 4 members (excludes halogenated alkanes) is 7. The fourth-order valence-corrected chi connectivity index (χ4v) is 2.18. The number of carbonyl (C=O) groups is 1. The van der Waals surface area contributed by atoms with E-state index in [1.165, 1.54) is 51.0 Å². The minimum Gasteiger partial charge on any atom is -0.448 e. The zero-order valence-electron chi connectivity index (χ0n) is 10.9. The number of alkyl halides is 1. The molecule has 0 radical (unpaired) electrons. The second-order valence-corrected chi connectivity index (χ2v) is 5.34. The Bertz CT molecular complexity index is 204. The third kappa shape index (κ3) is 11.9. The standard InChI is InChI=1S/C14H25BrO2/c1-3-5-6-7-8-9-10-11-12-13(15)17-14(16)4-2/h4,13H,2-3,5-12H2,1H3. The Labute approximate surface area is 114 Å². The molecular weight excluding hydrogens is 280 g/mol. The van der Waals surface area contributed by atoms with Crippen LogP contribution in [0.5, 0.6) is 0 Å². The number of halogens is 1. The van der Waals surface area contributed by atoms with E-state index in [1.54, 1.807) is 0 Å². The lowest BCUT2D eigenvalue weighted by Crippen LogP contribution is -2.09. The molecule has 3 heteroatoms. The molecule has 0 saturated heterocycles. The van der Waals surface area contributed by atoms with Gasteiger partial charge in [0.15, 0.2) is 5.01 Å². The van der Waals surface area contributed by atoms with Crippen LogP contribution in [0.15, 0.2) is 12.7 Å². The lowest BCUT2D eigenvalue weighted by Gasteiger charge is -2.09. The molecule has 0 aromatic carbocycles. The highest BCUT2D eigenvalue weighted by Gasteiger charge is 2.07. The number of ether oxygens (including phenoxy) is 1. The SMILES string of the molecule is C=CC(=O)OC(Br)CCCCCCCCCC. The molecule has 0 aliphatic heterocycles. The second-order valence-electron chi connectivity index (χ2n) is 4.31. The van der Waals surface area contributed by atoms with Crippen LogP contribution in [0.4, 0.5) is 0 Å². The summed E-state index contributed by atoms with van der Waals surface area (Å²) in [6, 6.07) is 0. The number of hydrogen-bond donors (Lipinski definition) is 0. The summed E-state index contributed by atoms with van der Waals surface area (Å²) >= 11 is 3.33. The molecule has 2 nitrogen and oxygen atoms in total. The third-order valence-corrected chi connectivity index (χ3v) is 3.34. The molecule has 0 bridgehead atoms. The fourth-order valence-electron chi connectivity index (χ4n) is 1.67. The van der Waals surface area contributed by atoms with Crippen molar-refractivity contribution in [3.05, 3.63) is 12.7 Å². The molecule has 0 N–H and O–H groups in total. The van der Waals surface area contributed by atoms with Crippen molar-refractivity contribution in [2.75, 3.05) is 0 Å². The van der Waals surface area contributed by atoms with Crippen LogP contribution in [0, 0.1) is 0 Å². The Morgan fingerprint density at radius 2 is 1.71 bits per heavy atom. The maximum Gasteiger partial charge on any atom is 0.331 e. The highest BCUT2D eigenvalue weighted by Crippen LogP contribution is 2.15. The van der Waals surface area contributed by atoms with Crippen LogP contribution in [0.2, 0.25) is 0 Å². The monoisotopic (exact) mass is 304 g/mol. The van der Waals surface area contributed by atoms with Crippen LogP contribution in [0.3, 0.4) is 0 Å². The lowest BCUT2D eigenvalue weighted by atomic mass is 10.1. The number of esters is 1. The van der Waals surface area contributed by atoms with Gasteiger partial charge < -0.3 is 4.74 Å². The summed E-state index contributed by atoms with van der Waals surface area (Å²) in [5.74, 6) is -0.355. The molecule has 1 atom stereocenters. The van der Waals surface area contributed by atoms with Gasteiger partial charge in [-0.1, -0.05) is 58.4 Å². The van der Waals surface area contributed by atoms with Crippen molar-refractivity contribution in [2.24, 2.45) is 0 Å². The van der Waals surface area contributed by atoms with E-state index >= 15 is 0 Å². The summed E-state index contributed by atoms with van der Waals surface area (Å²) in [4.78, 5) is 10.9. The minimum absolute atomic E-state index is 0.159. The normalized spacial score (nSPS) is 12.1. The topological polar surface area (TPSA) is 26.3 Å². The van der Waals surface area contributed by atoms with Gasteiger partial charge in [-0.2, -0.15) is 0 Å². The van der Waals surface area contributed by atoms with Gasteiger partial charge >= 0.3 is 5.97 Å². The highest BCUT2D eigenvalue weighted by molar-refractivity contribution is 9.09. The summed E-state index contributed by atoms with van der Waals surface area (Å²) in [6.07, 6.45) is 12.4. The van der Waals surface area contributed by atoms with Crippen LogP contribution in [-0.2, 0) is 9.53 Å². The van der Waals surface area contributed by atoms with Gasteiger partial charge in [-0.05, 0) is 28.8 Å². The van der Waals surface area contributed by atoms with Gasteiger partial charge in [0.1, 0.15) is 0 Å². The minimum atomic E-state index is -0.355. The van der Waals surface area contributed by atoms with Crippen molar-refractivity contribution in [2.45, 2.75) is 69.7 Å². The average molecular weight is 305 g/mol. The Kier molecular flexibility index (Phi) is 11.9. The molecule has 0 aromatic heterocycles. The molecule has 0 fully saturated rings. The average Bonchev–Trinajstić information content (AvgIpc) is 2.32. The predicted molar refractivity (Wildman–Crippen MR) is 76.2 cm³/mol. The lowest BCUT2D eigenvalue weighted by molar-refractivity contribution is -0.139. The molecule has 0 heterocycles. The van der Waals surface area contributed by atoms with E-state index in [-0.39, 0.29) is 11.0 Å². The van der Waals surface area contributed by atoms with Gasteiger partial charge in [0, 0.05) is 6.08 Å². The molecule has 0 aliphatic rings. The molecule has 0 saturated carbocycles. The van der Waals surface area contributed by atoms with Crippen molar-refractivity contribution in [1.82, 2.24) is 0 Å². The molecule has 17 heavy (non-hydrogen) atoms. The van der Waals surface area contributed by atoms with Crippen LogP contribution in [0.25, 0.3) is 0 Å². The third-order valence-electron chi connectivity index (χ3n) is 2.70. The van der Waals surface area contributed by atoms with Gasteiger partial charge in [-0.15, -0.1) is 0 Å². The zero-order chi connectivity index (χ0) is 12.9. The first kappa shape index (κ1) is 16.7. The van der Waals surface area contributed by atoms with Crippen LogP contribution in [-0.4, -0.2) is 11.0 Å². The number of rotatable bonds is 11. The van der Waals surface area contributed by atoms with E-state index in [9.17, 15) is 4.79 Å². The Morgan fingerprint density at radius 3 is 2.24 bits per heavy atom. The van der Waals surface area contributed by atoms with E-state index in [0.29, 0.717) is 0 Å². The van der Waals surface area contributed by atoms with Crippen molar-refractivity contribution < 1.29 is 9.53 Å². The maximum atomic E-state index is 10.9. The summed E-state index contributed by atoms with van der Waals surface area (Å²) < 4.78 is 5.02. The zero-order valence-corrected chi connectivity index (χ0v) is 12.5. The Hall–Kier alpha value is -0.310. The molecule has 0 amide bonds. The molecule has 100 valence electrons. The number of hydrogen-bond acceptors (Lipinski definition) is 2. The van der Waals surface area contributed by atoms with Gasteiger partial charge in [0.2, 0.25) is 0 Å². The van der Waals surface area contributed by atoms with Crippen molar-refractivity contribution in [3.8, 4) is 0 Å². The highest BCUT2D eigenvalue weighted by atomic mass is 79.9. The first-order valence-electron chi connectivity index (χ1n) is 6.67. The van der Waals surface area contributed by atoms with Crippen molar-refractivity contribution >= 4 is 21.9 Å². The first-order valence-corrected chi connectivity index (χ1v) is 7.59. The van der Waals surface area contributed by atoms with E-state index < -0.39 is 0 Å². The van der Waals surface area contributed by atoms with Crippen LogP contribution >= 0.6 is 15.9 Å². The van der Waals surface area contributed by atoms with Gasteiger partial charge in [0.25, 0.3) is 0 Å². The van der Waals surface area contributed by atoms with Gasteiger partial charge in [0.05, 0.1) is 0 Å². The van der Waals surface area contributed by atoms with Crippen molar-refractivity contribution in [3.63, 3.8) is 0 Å². The molecule has 0 rings (SSSR count). The molecule has 1 unspecified atom stereocenters. The summed E-state index contributed by atoms with van der Waals surface area (Å²) in [5, 5.41) is -0.159. The molecule has 0 aromatic rings. The molecular formula is C14H25BrO2. The smallest absolute Gasteiger partial charge is 0.331 e. The van der Waals surface area contributed by atoms with E-state index in [0.717, 1.165) is 12.8 Å². The number of carbonyl (C=O) groups excluding carboxylic acids is 1. The van der Waals surface area contributed by atoms with E-state index in [4.69, 9.17) is 4.74 Å². The summed E-state index contributed by atoms with van der Waals surface area (Å²) in [5.41, 5.74) is 0. The summed E-state index contributed by atoms with van der Waals surface area (Å²) in [6.45, 7) is 5.60. The predicted octanol–water partition coefficient (Wildman–Crippen LogP) is 4.97. The van der Waals surface area contributed by atoms with Gasteiger partial charge in [-0.25, -0.2) is 4.79 Å². The maximum absolute atomic E-state index is 10.9. The van der Waals surface area contributed by atoms with E-state index in [2.05, 4.69) is 29.4 Å². The fraction of sp³-hybridized carbons (Fsp3) is 0.786. The van der Waals surface area contributed by atoms with Gasteiger partial charge in [-0.3, -0.25) is 0 Å². The largest absolute Gasteiger partial charge is 0.448 e. The quantitative estimate of drug-likeness (QED) is 0.233. The Balaban J connectivity index is 3.21. The van der Waals surface area contributed by atoms with Crippen LogP contribution < -0.4 is 0 Å². The summed E-state index contributed by atoms with van der Waals surface area (Å²) in [7, 11) is 0.